The number of nitrogens with one attached hydrogen (secondary N) is 4. The number of aliphatic hydroxyl groups is 1. The molecular weight excluding hydrogens is 1220 g/mol. The van der Waals surface area contributed by atoms with E-state index < -0.39 is 161 Å². The van der Waals surface area contributed by atoms with E-state index in [9.17, 15) is 24.3 Å². The summed E-state index contributed by atoms with van der Waals surface area (Å²) in [7, 11) is 8.56. The van der Waals surface area contributed by atoms with E-state index in [1.165, 1.54) is 85.5 Å². The topological polar surface area (TPSA) is 300 Å². The number of nitrogens with zero attached hydrogens (tertiary/aromatic N) is 8. The molecule has 0 spiro atoms. The first-order valence-corrected chi connectivity index (χ1v) is 34.6. The van der Waals surface area contributed by atoms with Gasteiger partial charge < -0.3 is 70.1 Å². The minimum absolute atomic E-state index is 0.00167. The Morgan fingerprint density at radius 2 is 0.958 bits per heavy atom. The number of rotatable bonds is 20. The van der Waals surface area contributed by atoms with Crippen LogP contribution < -0.4 is 21.3 Å². The quantitative estimate of drug-likeness (QED) is 0.109. The zero-order valence-corrected chi connectivity index (χ0v) is 62.1. The molecule has 14 atom stereocenters. The molecule has 544 valence electrons. The summed E-state index contributed by atoms with van der Waals surface area (Å²) < 4.78 is 11.9. The van der Waals surface area contributed by atoms with E-state index in [1.807, 2.05) is 48.5 Å². The summed E-state index contributed by atoms with van der Waals surface area (Å²) in [5.74, 6) is -10.0. The number of allylic oxidation sites excluding steroid dienone is 1. The van der Waals surface area contributed by atoms with Gasteiger partial charge in [0.15, 0.2) is 0 Å². The van der Waals surface area contributed by atoms with E-state index in [-0.39, 0.29) is 63.0 Å². The fraction of sp³-hybridized carbons (Fsp3) is 0.812. The monoisotopic (exact) mass is 1340 g/mol. The van der Waals surface area contributed by atoms with Gasteiger partial charge in [0.2, 0.25) is 65.0 Å². The van der Waals surface area contributed by atoms with Gasteiger partial charge in [-0.15, -0.1) is 0 Å². The molecule has 0 radical (unpaired) electrons. The third-order valence-corrected chi connectivity index (χ3v) is 18.3. The molecule has 0 aromatic heterocycles. The van der Waals surface area contributed by atoms with Crippen molar-refractivity contribution >= 4 is 65.0 Å². The lowest BCUT2D eigenvalue weighted by atomic mass is 9.93. The molecule has 0 aromatic carbocycles. The Labute approximate surface area is 568 Å². The molecule has 2 rings (SSSR count). The minimum atomic E-state index is -1.66. The fourth-order valence-corrected chi connectivity index (χ4v) is 12.6. The first-order valence-electron chi connectivity index (χ1n) is 34.6. The predicted molar refractivity (Wildman–Crippen MR) is 365 cm³/mol. The summed E-state index contributed by atoms with van der Waals surface area (Å²) >= 11 is 0. The van der Waals surface area contributed by atoms with Gasteiger partial charge in [-0.05, 0) is 95.8 Å². The Bertz CT molecular complexity index is 2580. The summed E-state index contributed by atoms with van der Waals surface area (Å²) in [4.78, 5) is 176. The first kappa shape index (κ1) is 84.8. The average molecular weight is 1350 g/mol. The molecule has 0 saturated carbocycles. The van der Waals surface area contributed by atoms with Crippen LogP contribution in [0.25, 0.3) is 0 Å². The van der Waals surface area contributed by atoms with Crippen LogP contribution in [0.1, 0.15) is 163 Å². The smallest absolute Gasteiger partial charge is 0.246 e. The van der Waals surface area contributed by atoms with Crippen LogP contribution in [0.2, 0.25) is 0 Å². The number of ether oxygens (including phenoxy) is 2. The second-order valence-electron chi connectivity index (χ2n) is 28.2. The van der Waals surface area contributed by atoms with Crippen molar-refractivity contribution in [2.45, 2.75) is 242 Å². The molecule has 0 bridgehead atoms. The molecule has 2 aliphatic heterocycles. The van der Waals surface area contributed by atoms with Crippen molar-refractivity contribution in [2.24, 2.45) is 35.5 Å². The van der Waals surface area contributed by atoms with Gasteiger partial charge in [-0.25, -0.2) is 0 Å². The molecule has 0 aliphatic carbocycles. The van der Waals surface area contributed by atoms with Gasteiger partial charge in [-0.1, -0.05) is 109 Å². The number of amides is 11. The van der Waals surface area contributed by atoms with Gasteiger partial charge in [0.05, 0.1) is 32.0 Å². The number of carbonyl (C=O) groups excluding carboxylic acids is 11. The normalized spacial score (nSPS) is 27.6. The molecular formula is C69H124N12O14. The second-order valence-corrected chi connectivity index (χ2v) is 28.2. The maximum atomic E-state index is 15.4. The van der Waals surface area contributed by atoms with Gasteiger partial charge in [-0.2, -0.15) is 0 Å². The molecule has 5 N–H and O–H groups in total. The van der Waals surface area contributed by atoms with E-state index in [1.54, 1.807) is 74.5 Å². The Balaban J connectivity index is 3.11. The third-order valence-electron chi connectivity index (χ3n) is 18.3. The van der Waals surface area contributed by atoms with Crippen molar-refractivity contribution < 1.29 is 67.3 Å². The minimum Gasteiger partial charge on any atom is -0.390 e. The molecule has 26 heteroatoms. The highest BCUT2D eigenvalue weighted by Crippen LogP contribution is 2.26. The zero-order valence-electron chi connectivity index (χ0n) is 62.1. The summed E-state index contributed by atoms with van der Waals surface area (Å²) in [6.07, 6.45) is 1.61. The van der Waals surface area contributed by atoms with Crippen LogP contribution >= 0.6 is 0 Å². The molecule has 26 nitrogen and oxygen atoms in total. The summed E-state index contributed by atoms with van der Waals surface area (Å²) in [6.45, 7) is 34.3. The standard InChI is InChI=1S/C69H124N12O14/c1-25-29-45(15)58(82)57-62(86)72-49(27-3)64(88)81(30-26-2)50(28-4)65(89)78(23)56(48(18)95-36-33-80-31-34-94-35-32-80)61(85)73-54(43(11)12)68(92)74(19)51(37-40(5)6)60(84)70-46(16)59(83)71-47(17)63(87)75(20)52(38-41(7)8)66(90)76(21)53(39-42(9)10)67(91)77(22)55(44(13)14)69(93)79(57)24/h25,29,40-58,82H,26-28,30-39H2,1-24H3,(H,70,84)(H,71,83)(H,72,86)(H,73,85)/b29-25+/t45-,46+,47-,48-,49+,50-,51+,52+,53+,54+,55+,56?,57+,58-/m1/s1. The molecule has 11 amide bonds. The Hall–Kier alpha value is -6.25. The molecule has 1 unspecified atom stereocenters. The van der Waals surface area contributed by atoms with E-state index in [0.717, 1.165) is 4.90 Å². The average Bonchev–Trinajstić information content (AvgIpc) is 0.810. The number of likely N-dealkylation sites (N-methyl/N-ethyl adjacent to an activating group) is 6. The third kappa shape index (κ3) is 23.5. The lowest BCUT2D eigenvalue weighted by Crippen LogP contribution is -2.64. The van der Waals surface area contributed by atoms with Gasteiger partial charge in [0.1, 0.15) is 66.5 Å². The lowest BCUT2D eigenvalue weighted by molar-refractivity contribution is -0.157. The van der Waals surface area contributed by atoms with Gasteiger partial charge >= 0.3 is 0 Å². The molecule has 0 aromatic rings. The van der Waals surface area contributed by atoms with Crippen LogP contribution in [0.3, 0.4) is 0 Å². The first-order chi connectivity index (χ1) is 44.3. The Morgan fingerprint density at radius 3 is 1.44 bits per heavy atom. The van der Waals surface area contributed by atoms with Crippen LogP contribution in [0, 0.1) is 35.5 Å². The Morgan fingerprint density at radius 1 is 0.495 bits per heavy atom. The zero-order chi connectivity index (χ0) is 72.8. The predicted octanol–water partition coefficient (Wildman–Crippen LogP) is 3.13. The molecule has 2 aliphatic rings. The number of morpholine rings is 1. The van der Waals surface area contributed by atoms with E-state index in [2.05, 4.69) is 26.2 Å². The van der Waals surface area contributed by atoms with Crippen molar-refractivity contribution in [2.75, 3.05) is 88.3 Å². The molecule has 2 fully saturated rings. The van der Waals surface area contributed by atoms with Crippen LogP contribution in [0.15, 0.2) is 12.2 Å². The van der Waals surface area contributed by atoms with Gasteiger partial charge in [0, 0.05) is 74.4 Å². The summed E-state index contributed by atoms with van der Waals surface area (Å²) in [5, 5.41) is 23.4. The van der Waals surface area contributed by atoms with Crippen LogP contribution in [0.5, 0.6) is 0 Å². The molecule has 2 heterocycles. The van der Waals surface area contributed by atoms with Gasteiger partial charge in [0.25, 0.3) is 0 Å². The Kier molecular flexibility index (Phi) is 35.6. The summed E-state index contributed by atoms with van der Waals surface area (Å²) in [6, 6.07) is -14.2. The number of hydrogen-bond donors (Lipinski definition) is 5. The molecule has 2 saturated heterocycles. The van der Waals surface area contributed by atoms with Crippen LogP contribution in [0.4, 0.5) is 0 Å². The highest BCUT2D eigenvalue weighted by atomic mass is 16.5. The van der Waals surface area contributed by atoms with Gasteiger partial charge in [-0.3, -0.25) is 57.6 Å². The maximum absolute atomic E-state index is 15.4. The molecule has 95 heavy (non-hydrogen) atoms. The highest BCUT2D eigenvalue weighted by Gasteiger charge is 2.47. The van der Waals surface area contributed by atoms with Crippen LogP contribution in [-0.4, -0.2) is 276 Å². The van der Waals surface area contributed by atoms with Crippen molar-refractivity contribution in [3.8, 4) is 0 Å². The summed E-state index contributed by atoms with van der Waals surface area (Å²) in [5.41, 5.74) is 0. The van der Waals surface area contributed by atoms with Crippen molar-refractivity contribution in [3.05, 3.63) is 12.2 Å². The second kappa shape index (κ2) is 39.8. The number of hydrogen-bond acceptors (Lipinski definition) is 15. The maximum Gasteiger partial charge on any atom is 0.246 e. The van der Waals surface area contributed by atoms with E-state index in [0.29, 0.717) is 39.3 Å². The highest BCUT2D eigenvalue weighted by molar-refractivity contribution is 6.00. The van der Waals surface area contributed by atoms with Crippen molar-refractivity contribution in [1.82, 2.24) is 60.5 Å². The SMILES string of the molecule is C/C=C/[C@@H](C)[C@@H](O)[C@H]1C(=O)N[C@@H](CC)C(=O)N(CCC)[C@H](CC)C(=O)N(C)C([C@@H](C)OCCN2CCOCC2)C(=O)N[C@@H](C(C)C)C(=O)N(C)[C@@H](CC(C)C)C(=O)N[C@@H](C)C(=O)N[C@H](C)C(=O)N(C)[C@@H](CC(C)C)C(=O)N(C)[C@@H](CC(C)C)C(=O)N(C)[C@@H](C(C)C)C(=O)N1C. The van der Waals surface area contributed by atoms with Crippen molar-refractivity contribution in [1.29, 1.82) is 0 Å². The van der Waals surface area contributed by atoms with Crippen molar-refractivity contribution in [3.63, 3.8) is 0 Å². The number of carbonyl (C=O) groups is 11. The largest absolute Gasteiger partial charge is 0.390 e. The van der Waals surface area contributed by atoms with E-state index in [4.69, 9.17) is 9.47 Å². The lowest BCUT2D eigenvalue weighted by Gasteiger charge is -2.41. The van der Waals surface area contributed by atoms with E-state index >= 15 is 33.6 Å². The fourth-order valence-electron chi connectivity index (χ4n) is 12.6. The van der Waals surface area contributed by atoms with Crippen LogP contribution in [-0.2, 0) is 62.2 Å². The number of aliphatic hydroxyl groups excluding tert-OH is 1.